The van der Waals surface area contributed by atoms with Crippen LogP contribution in [0.25, 0.3) is 0 Å². The third kappa shape index (κ3) is 23.0. The van der Waals surface area contributed by atoms with Crippen LogP contribution in [-0.4, -0.2) is 91.3 Å². The predicted molar refractivity (Wildman–Crippen MR) is 152 cm³/mol. The first kappa shape index (κ1) is 35.1. The molecule has 0 aliphatic heterocycles. The molecule has 0 aliphatic rings. The van der Waals surface area contributed by atoms with Crippen molar-refractivity contribution in [3.63, 3.8) is 0 Å². The fraction of sp³-hybridized carbons (Fsp3) is 1.00. The average molecular weight is 521 g/mol. The minimum atomic E-state index is -0.814. The molecule has 0 fully saturated rings. The minimum Gasteiger partial charge on any atom is -0.616 e. The van der Waals surface area contributed by atoms with E-state index in [2.05, 4.69) is 86.4 Å². The number of ether oxygens (including phenoxy) is 3. The van der Waals surface area contributed by atoms with E-state index in [0.717, 1.165) is 52.3 Å². The molecule has 0 aliphatic carbocycles. The molecule has 212 valence electrons. The molecule has 6 nitrogen and oxygen atoms in total. The van der Waals surface area contributed by atoms with Crippen LogP contribution >= 0.6 is 0 Å². The first-order valence-corrected chi connectivity index (χ1v) is 15.0. The van der Waals surface area contributed by atoms with Gasteiger partial charge in [-0.3, -0.25) is 4.90 Å². The van der Waals surface area contributed by atoms with E-state index < -0.39 is 11.2 Å². The van der Waals surface area contributed by atoms with E-state index in [1.54, 1.807) is 0 Å². The van der Waals surface area contributed by atoms with Crippen LogP contribution in [0.4, 0.5) is 0 Å². The average Bonchev–Trinajstić information content (AvgIpc) is 2.67. The second-order valence-corrected chi connectivity index (χ2v) is 15.5. The Morgan fingerprint density at radius 1 is 0.686 bits per heavy atom. The molecule has 1 N–H and O–H groups in total. The highest BCUT2D eigenvalue weighted by atomic mass is 32.2. The molecule has 0 rings (SSSR count). The van der Waals surface area contributed by atoms with Gasteiger partial charge in [-0.15, -0.1) is 0 Å². The second kappa shape index (κ2) is 16.8. The highest BCUT2D eigenvalue weighted by molar-refractivity contribution is 7.91. The van der Waals surface area contributed by atoms with Crippen molar-refractivity contribution >= 4 is 11.2 Å². The van der Waals surface area contributed by atoms with E-state index in [0.29, 0.717) is 31.3 Å². The molecule has 0 spiro atoms. The van der Waals surface area contributed by atoms with Gasteiger partial charge in [0.15, 0.2) is 0 Å². The third-order valence-electron chi connectivity index (χ3n) is 5.30. The highest BCUT2D eigenvalue weighted by Crippen LogP contribution is 2.18. The number of hydrogen-bond acceptors (Lipinski definition) is 6. The smallest absolute Gasteiger partial charge is 0.118 e. The fourth-order valence-electron chi connectivity index (χ4n) is 3.40. The number of nitrogens with one attached hydrogen (secondary N) is 1. The van der Waals surface area contributed by atoms with Gasteiger partial charge in [0.25, 0.3) is 0 Å². The zero-order valence-corrected chi connectivity index (χ0v) is 26.0. The van der Waals surface area contributed by atoms with E-state index in [1.807, 2.05) is 0 Å². The van der Waals surface area contributed by atoms with Crippen molar-refractivity contribution in [3.05, 3.63) is 0 Å². The number of hydrogen-bond donors (Lipinski definition) is 1. The molecule has 0 aromatic heterocycles. The summed E-state index contributed by atoms with van der Waals surface area (Å²) < 4.78 is 29.6. The summed E-state index contributed by atoms with van der Waals surface area (Å²) >= 11 is -0.814. The topological polar surface area (TPSA) is 66.0 Å². The van der Waals surface area contributed by atoms with Crippen LogP contribution < -0.4 is 5.32 Å². The van der Waals surface area contributed by atoms with Gasteiger partial charge in [0, 0.05) is 37.2 Å². The van der Waals surface area contributed by atoms with Crippen molar-refractivity contribution in [2.24, 2.45) is 10.8 Å². The lowest BCUT2D eigenvalue weighted by Crippen LogP contribution is -2.55. The van der Waals surface area contributed by atoms with Gasteiger partial charge in [-0.25, -0.2) is 0 Å². The largest absolute Gasteiger partial charge is 0.616 e. The van der Waals surface area contributed by atoms with Gasteiger partial charge in [0.1, 0.15) is 11.5 Å². The molecular formula is C28H60N2O4S. The highest BCUT2D eigenvalue weighted by Gasteiger charge is 2.29. The van der Waals surface area contributed by atoms with E-state index in [1.165, 1.54) is 0 Å². The Bertz CT molecular complexity index is 525. The maximum absolute atomic E-state index is 12.6. The lowest BCUT2D eigenvalue weighted by atomic mass is 9.99. The molecule has 0 bridgehead atoms. The van der Waals surface area contributed by atoms with Gasteiger partial charge >= 0.3 is 0 Å². The maximum Gasteiger partial charge on any atom is 0.118 e. The SMILES string of the molecule is CC(C)(C)COCCC[S+]([O-])CCN(CC(C)(C)NCCCOCCOCC(C)(C)C)C(C)(C)C. The Morgan fingerprint density at radius 3 is 1.74 bits per heavy atom. The van der Waals surface area contributed by atoms with Crippen LogP contribution in [0, 0.1) is 10.8 Å². The third-order valence-corrected chi connectivity index (χ3v) is 6.68. The van der Waals surface area contributed by atoms with Crippen molar-refractivity contribution in [2.75, 3.05) is 70.8 Å². The standard InChI is InChI=1S/C28H60N2O4S/c1-25(2,3)23-33-17-13-20-35(31)21-15-30(27(7,8)9)22-28(10,11)29-14-12-16-32-18-19-34-24-26(4,5)6/h29H,12-24H2,1-11H3. The quantitative estimate of drug-likeness (QED) is 0.188. The van der Waals surface area contributed by atoms with Gasteiger partial charge in [-0.05, 0) is 58.4 Å². The maximum atomic E-state index is 12.6. The lowest BCUT2D eigenvalue weighted by molar-refractivity contribution is 0.0185. The summed E-state index contributed by atoms with van der Waals surface area (Å²) in [5.74, 6) is 1.42. The van der Waals surface area contributed by atoms with Crippen LogP contribution in [0.5, 0.6) is 0 Å². The molecule has 0 radical (unpaired) electrons. The molecule has 0 aromatic carbocycles. The summed E-state index contributed by atoms with van der Waals surface area (Å²) in [4.78, 5) is 2.46. The van der Waals surface area contributed by atoms with Crippen molar-refractivity contribution < 1.29 is 18.8 Å². The molecular weight excluding hydrogens is 460 g/mol. The van der Waals surface area contributed by atoms with E-state index >= 15 is 0 Å². The first-order valence-electron chi connectivity index (χ1n) is 13.5. The lowest BCUT2D eigenvalue weighted by Gasteiger charge is -2.41. The molecule has 1 atom stereocenters. The Labute approximate surface area is 221 Å². The summed E-state index contributed by atoms with van der Waals surface area (Å²) in [6.45, 7) is 31.1. The predicted octanol–water partition coefficient (Wildman–Crippen LogP) is 5.13. The first-order chi connectivity index (χ1) is 15.9. The molecule has 0 amide bonds. The zero-order valence-electron chi connectivity index (χ0n) is 25.2. The van der Waals surface area contributed by atoms with E-state index in [4.69, 9.17) is 14.2 Å². The Balaban J connectivity index is 4.19. The molecule has 0 heterocycles. The minimum absolute atomic E-state index is 0.0230. The van der Waals surface area contributed by atoms with E-state index in [-0.39, 0.29) is 21.9 Å². The molecule has 0 aromatic rings. The summed E-state index contributed by atoms with van der Waals surface area (Å²) in [6.07, 6.45) is 1.83. The summed E-state index contributed by atoms with van der Waals surface area (Å²) in [5, 5.41) is 3.69. The Kier molecular flexibility index (Phi) is 16.9. The van der Waals surface area contributed by atoms with Crippen LogP contribution in [0.2, 0.25) is 0 Å². The fourth-order valence-corrected chi connectivity index (χ4v) is 4.47. The van der Waals surface area contributed by atoms with Crippen molar-refractivity contribution in [2.45, 2.75) is 100 Å². The molecule has 0 saturated heterocycles. The van der Waals surface area contributed by atoms with Crippen LogP contribution in [0.3, 0.4) is 0 Å². The van der Waals surface area contributed by atoms with Gasteiger partial charge in [0.05, 0.1) is 33.0 Å². The van der Waals surface area contributed by atoms with Gasteiger partial charge in [-0.2, -0.15) is 0 Å². The normalized spacial score (nSPS) is 14.7. The monoisotopic (exact) mass is 520 g/mol. The van der Waals surface area contributed by atoms with Crippen LogP contribution in [0.1, 0.15) is 89.0 Å². The Morgan fingerprint density at radius 2 is 1.20 bits per heavy atom. The molecule has 0 saturated carbocycles. The van der Waals surface area contributed by atoms with Crippen molar-refractivity contribution in [1.82, 2.24) is 10.2 Å². The number of nitrogens with zero attached hydrogens (tertiary/aromatic N) is 1. The van der Waals surface area contributed by atoms with Crippen LogP contribution in [0.15, 0.2) is 0 Å². The summed E-state index contributed by atoms with van der Waals surface area (Å²) in [6, 6.07) is 0. The molecule has 1 unspecified atom stereocenters. The van der Waals surface area contributed by atoms with Gasteiger partial charge in [-0.1, -0.05) is 52.7 Å². The second-order valence-electron chi connectivity index (χ2n) is 13.8. The van der Waals surface area contributed by atoms with Crippen molar-refractivity contribution in [1.29, 1.82) is 0 Å². The number of rotatable bonds is 19. The van der Waals surface area contributed by atoms with Gasteiger partial charge in [0.2, 0.25) is 0 Å². The summed E-state index contributed by atoms with van der Waals surface area (Å²) in [5.41, 5.74) is 0.369. The zero-order chi connectivity index (χ0) is 27.2. The van der Waals surface area contributed by atoms with Crippen LogP contribution in [-0.2, 0) is 25.4 Å². The molecule has 7 heteroatoms. The summed E-state index contributed by atoms with van der Waals surface area (Å²) in [7, 11) is 0. The van der Waals surface area contributed by atoms with E-state index in [9.17, 15) is 4.55 Å². The Hall–Kier alpha value is 0.110. The van der Waals surface area contributed by atoms with Gasteiger partial charge < -0.3 is 24.1 Å². The van der Waals surface area contributed by atoms with Crippen molar-refractivity contribution in [3.8, 4) is 0 Å². The molecule has 35 heavy (non-hydrogen) atoms.